The molecule has 1 aromatic carbocycles. The van der Waals surface area contributed by atoms with Gasteiger partial charge in [0.1, 0.15) is 5.82 Å². The van der Waals surface area contributed by atoms with Crippen LogP contribution in [-0.2, 0) is 4.79 Å². The summed E-state index contributed by atoms with van der Waals surface area (Å²) in [5, 5.41) is 2.94. The van der Waals surface area contributed by atoms with E-state index in [1.54, 1.807) is 12.4 Å². The zero-order valence-electron chi connectivity index (χ0n) is 11.9. The first kappa shape index (κ1) is 13.8. The van der Waals surface area contributed by atoms with E-state index >= 15 is 0 Å². The Morgan fingerprint density at radius 1 is 1.33 bits per heavy atom. The van der Waals surface area contributed by atoms with Gasteiger partial charge in [-0.25, -0.2) is 4.98 Å². The number of H-pyrrole nitrogens is 1. The molecule has 1 heterocycles. The smallest absolute Gasteiger partial charge is 0.224 e. The molecular formula is C16H20N4O. The standard InChI is InChI=1S/C16H20N4O/c17-14-3-1-2-12(14)10-15(21)20-13-6-4-11(5-7-13)16-18-8-9-19-16/h4-9,12,14H,1-3,10,17H2,(H,18,19)(H,20,21)/t12-,14+/m0/s1. The third kappa shape index (κ3) is 3.31. The molecule has 5 nitrogen and oxygen atoms in total. The van der Waals surface area contributed by atoms with Gasteiger partial charge in [-0.15, -0.1) is 0 Å². The second-order valence-corrected chi connectivity index (χ2v) is 5.62. The number of imidazole rings is 1. The molecule has 1 saturated carbocycles. The lowest BCUT2D eigenvalue weighted by Gasteiger charge is -2.14. The largest absolute Gasteiger partial charge is 0.345 e. The third-order valence-electron chi connectivity index (χ3n) is 4.11. The lowest BCUT2D eigenvalue weighted by molar-refractivity contribution is -0.117. The predicted molar refractivity (Wildman–Crippen MR) is 82.6 cm³/mol. The van der Waals surface area contributed by atoms with Crippen molar-refractivity contribution in [2.75, 3.05) is 5.32 Å². The molecule has 1 aliphatic rings. The Balaban J connectivity index is 1.58. The number of benzene rings is 1. The summed E-state index contributed by atoms with van der Waals surface area (Å²) in [5.74, 6) is 1.19. The summed E-state index contributed by atoms with van der Waals surface area (Å²) in [5.41, 5.74) is 7.81. The van der Waals surface area contributed by atoms with Crippen molar-refractivity contribution in [3.05, 3.63) is 36.7 Å². The molecule has 1 aliphatic carbocycles. The average molecular weight is 284 g/mol. The average Bonchev–Trinajstić information content (AvgIpc) is 3.12. The number of aromatic nitrogens is 2. The van der Waals surface area contributed by atoms with Gasteiger partial charge in [0.25, 0.3) is 0 Å². The maximum absolute atomic E-state index is 12.0. The molecule has 1 aromatic heterocycles. The van der Waals surface area contributed by atoms with Crippen LogP contribution in [0, 0.1) is 5.92 Å². The number of anilines is 1. The van der Waals surface area contributed by atoms with Gasteiger partial charge in [-0.3, -0.25) is 4.79 Å². The number of carbonyl (C=O) groups is 1. The molecule has 5 heteroatoms. The highest BCUT2D eigenvalue weighted by molar-refractivity contribution is 5.91. The molecule has 0 saturated heterocycles. The summed E-state index contributed by atoms with van der Waals surface area (Å²) < 4.78 is 0. The van der Waals surface area contributed by atoms with Gasteiger partial charge in [0.15, 0.2) is 0 Å². The van der Waals surface area contributed by atoms with Crippen molar-refractivity contribution in [1.82, 2.24) is 9.97 Å². The minimum Gasteiger partial charge on any atom is -0.345 e. The Morgan fingerprint density at radius 2 is 2.14 bits per heavy atom. The molecule has 21 heavy (non-hydrogen) atoms. The van der Waals surface area contributed by atoms with E-state index in [4.69, 9.17) is 5.73 Å². The van der Waals surface area contributed by atoms with Crippen LogP contribution in [0.3, 0.4) is 0 Å². The molecule has 0 radical (unpaired) electrons. The van der Waals surface area contributed by atoms with E-state index < -0.39 is 0 Å². The van der Waals surface area contributed by atoms with Gasteiger partial charge < -0.3 is 16.0 Å². The van der Waals surface area contributed by atoms with Gasteiger partial charge in [0.05, 0.1) is 0 Å². The molecular weight excluding hydrogens is 264 g/mol. The maximum Gasteiger partial charge on any atom is 0.224 e. The minimum atomic E-state index is 0.0445. The third-order valence-corrected chi connectivity index (χ3v) is 4.11. The molecule has 2 aromatic rings. The summed E-state index contributed by atoms with van der Waals surface area (Å²) in [6.07, 6.45) is 7.26. The normalized spacial score (nSPS) is 21.4. The first-order valence-electron chi connectivity index (χ1n) is 7.37. The van der Waals surface area contributed by atoms with Gasteiger partial charge in [0, 0.05) is 36.1 Å². The number of nitrogens with zero attached hydrogens (tertiary/aromatic N) is 1. The molecule has 1 fully saturated rings. The number of nitrogens with two attached hydrogens (primary N) is 1. The van der Waals surface area contributed by atoms with Crippen LogP contribution in [0.4, 0.5) is 5.69 Å². The number of nitrogens with one attached hydrogen (secondary N) is 2. The van der Waals surface area contributed by atoms with Crippen molar-refractivity contribution >= 4 is 11.6 Å². The van der Waals surface area contributed by atoms with Crippen molar-refractivity contribution in [3.63, 3.8) is 0 Å². The monoisotopic (exact) mass is 284 g/mol. The highest BCUT2D eigenvalue weighted by Crippen LogP contribution is 2.27. The van der Waals surface area contributed by atoms with Gasteiger partial charge in [-0.2, -0.15) is 0 Å². The molecule has 0 spiro atoms. The zero-order chi connectivity index (χ0) is 14.7. The van der Waals surface area contributed by atoms with Crippen LogP contribution in [0.1, 0.15) is 25.7 Å². The number of rotatable bonds is 4. The summed E-state index contributed by atoms with van der Waals surface area (Å²) in [6, 6.07) is 7.84. The number of aromatic amines is 1. The SMILES string of the molecule is N[C@@H]1CCC[C@H]1CC(=O)Nc1ccc(-c2ncc[nH]2)cc1. The zero-order valence-corrected chi connectivity index (χ0v) is 11.9. The van der Waals surface area contributed by atoms with Crippen molar-refractivity contribution in [1.29, 1.82) is 0 Å². The van der Waals surface area contributed by atoms with Crippen molar-refractivity contribution < 1.29 is 4.79 Å². The van der Waals surface area contributed by atoms with Crippen LogP contribution in [0.2, 0.25) is 0 Å². The van der Waals surface area contributed by atoms with E-state index in [1.165, 1.54) is 0 Å². The Bertz CT molecular complexity index is 591. The quantitative estimate of drug-likeness (QED) is 0.806. The van der Waals surface area contributed by atoms with E-state index in [-0.39, 0.29) is 11.9 Å². The molecule has 4 N–H and O–H groups in total. The molecule has 0 aliphatic heterocycles. The highest BCUT2D eigenvalue weighted by atomic mass is 16.1. The molecule has 0 bridgehead atoms. The van der Waals surface area contributed by atoms with Gasteiger partial charge in [-0.05, 0) is 43.0 Å². The molecule has 2 atom stereocenters. The first-order chi connectivity index (χ1) is 10.2. The molecule has 0 unspecified atom stereocenters. The molecule has 3 rings (SSSR count). The van der Waals surface area contributed by atoms with Crippen LogP contribution >= 0.6 is 0 Å². The van der Waals surface area contributed by atoms with Crippen molar-refractivity contribution in [2.45, 2.75) is 31.7 Å². The topological polar surface area (TPSA) is 83.8 Å². The highest BCUT2D eigenvalue weighted by Gasteiger charge is 2.25. The van der Waals surface area contributed by atoms with Gasteiger partial charge >= 0.3 is 0 Å². The fraction of sp³-hybridized carbons (Fsp3) is 0.375. The van der Waals surface area contributed by atoms with Crippen LogP contribution in [0.15, 0.2) is 36.7 Å². The maximum atomic E-state index is 12.0. The van der Waals surface area contributed by atoms with Crippen molar-refractivity contribution in [2.24, 2.45) is 11.7 Å². The van der Waals surface area contributed by atoms with Crippen LogP contribution in [0.25, 0.3) is 11.4 Å². The van der Waals surface area contributed by atoms with Gasteiger partial charge in [0.2, 0.25) is 5.91 Å². The lowest BCUT2D eigenvalue weighted by atomic mass is 10.00. The summed E-state index contributed by atoms with van der Waals surface area (Å²) in [6.45, 7) is 0. The van der Waals surface area contributed by atoms with E-state index in [1.807, 2.05) is 24.3 Å². The Morgan fingerprint density at radius 3 is 2.76 bits per heavy atom. The van der Waals surface area contributed by atoms with E-state index in [0.29, 0.717) is 12.3 Å². The van der Waals surface area contributed by atoms with E-state index in [2.05, 4.69) is 15.3 Å². The Hall–Kier alpha value is -2.14. The molecule has 1 amide bonds. The van der Waals surface area contributed by atoms with E-state index in [9.17, 15) is 4.79 Å². The number of hydrogen-bond acceptors (Lipinski definition) is 3. The van der Waals surface area contributed by atoms with Gasteiger partial charge in [-0.1, -0.05) is 6.42 Å². The number of carbonyl (C=O) groups excluding carboxylic acids is 1. The Labute approximate surface area is 124 Å². The fourth-order valence-electron chi connectivity index (χ4n) is 2.90. The Kier molecular flexibility index (Phi) is 4.01. The first-order valence-corrected chi connectivity index (χ1v) is 7.37. The van der Waals surface area contributed by atoms with Crippen LogP contribution in [-0.4, -0.2) is 21.9 Å². The summed E-state index contributed by atoms with van der Waals surface area (Å²) in [4.78, 5) is 19.3. The second kappa shape index (κ2) is 6.10. The second-order valence-electron chi connectivity index (χ2n) is 5.62. The molecule has 110 valence electrons. The van der Waals surface area contributed by atoms with E-state index in [0.717, 1.165) is 36.3 Å². The predicted octanol–water partition coefficient (Wildman–Crippen LogP) is 2.53. The summed E-state index contributed by atoms with van der Waals surface area (Å²) in [7, 11) is 0. The van der Waals surface area contributed by atoms with Crippen LogP contribution < -0.4 is 11.1 Å². The minimum absolute atomic E-state index is 0.0445. The lowest BCUT2D eigenvalue weighted by Crippen LogP contribution is -2.28. The number of hydrogen-bond donors (Lipinski definition) is 3. The van der Waals surface area contributed by atoms with Crippen LogP contribution in [0.5, 0.6) is 0 Å². The van der Waals surface area contributed by atoms with Crippen molar-refractivity contribution in [3.8, 4) is 11.4 Å². The fourth-order valence-corrected chi connectivity index (χ4v) is 2.90. The number of amides is 1. The summed E-state index contributed by atoms with van der Waals surface area (Å²) >= 11 is 0.